The maximum absolute atomic E-state index is 14.9. The van der Waals surface area contributed by atoms with Crippen LogP contribution >= 0.6 is 0 Å². The Morgan fingerprint density at radius 2 is 1.78 bits per heavy atom. The Hall–Kier alpha value is -4.05. The minimum atomic E-state index is -1.62. The molecular weight excluding hydrogens is 483 g/mol. The molecule has 0 radical (unpaired) electrons. The zero-order valence-electron chi connectivity index (χ0n) is 20.3. The number of oxazole rings is 1. The first kappa shape index (κ1) is 23.4. The number of pyridine rings is 1. The summed E-state index contributed by atoms with van der Waals surface area (Å²) in [5.41, 5.74) is 0.942. The molecule has 2 aromatic carbocycles. The van der Waals surface area contributed by atoms with Crippen LogP contribution in [0.15, 0.2) is 47.1 Å². The van der Waals surface area contributed by atoms with Crippen molar-refractivity contribution >= 4 is 11.1 Å². The molecule has 3 aromatic heterocycles. The largest absolute Gasteiger partial charge is 0.431 e. The second-order valence-corrected chi connectivity index (χ2v) is 9.87. The number of benzene rings is 2. The summed E-state index contributed by atoms with van der Waals surface area (Å²) in [6.07, 6.45) is 3.47. The Morgan fingerprint density at radius 3 is 2.46 bits per heavy atom. The van der Waals surface area contributed by atoms with Crippen LogP contribution in [0.4, 0.5) is 13.2 Å². The van der Waals surface area contributed by atoms with Crippen LogP contribution in [-0.4, -0.2) is 29.8 Å². The van der Waals surface area contributed by atoms with E-state index in [0.29, 0.717) is 22.6 Å². The smallest absolute Gasteiger partial charge is 0.246 e. The third-order valence-corrected chi connectivity index (χ3v) is 6.53. The summed E-state index contributed by atoms with van der Waals surface area (Å²) in [5, 5.41) is 18.3. The normalized spacial score (nSPS) is 14.0. The van der Waals surface area contributed by atoms with Gasteiger partial charge in [-0.1, -0.05) is 6.07 Å². The van der Waals surface area contributed by atoms with E-state index in [9.17, 15) is 18.3 Å². The average molecular weight is 506 g/mol. The molecule has 1 saturated carbocycles. The molecule has 1 aliphatic rings. The van der Waals surface area contributed by atoms with Gasteiger partial charge in [0, 0.05) is 29.8 Å². The van der Waals surface area contributed by atoms with E-state index >= 15 is 0 Å². The van der Waals surface area contributed by atoms with Crippen LogP contribution in [0.3, 0.4) is 0 Å². The fourth-order valence-corrected chi connectivity index (χ4v) is 4.45. The quantitative estimate of drug-likeness (QED) is 0.321. The van der Waals surface area contributed by atoms with E-state index < -0.39 is 23.1 Å². The lowest BCUT2D eigenvalue weighted by molar-refractivity contribution is 0.0739. The molecule has 10 heteroatoms. The number of aliphatic hydroxyl groups is 1. The summed E-state index contributed by atoms with van der Waals surface area (Å²) in [5.74, 6) is -2.10. The molecule has 1 fully saturated rings. The molecular formula is C27H22F3N5O2. The second kappa shape index (κ2) is 8.24. The molecule has 1 aliphatic carbocycles. The predicted octanol–water partition coefficient (Wildman–Crippen LogP) is 5.87. The fraction of sp³-hybridized carbons (Fsp3) is 0.259. The molecule has 0 saturated heterocycles. The van der Waals surface area contributed by atoms with E-state index in [1.165, 1.54) is 38.4 Å². The summed E-state index contributed by atoms with van der Waals surface area (Å²) in [7, 11) is 1.77. The highest BCUT2D eigenvalue weighted by atomic mass is 19.2. The fourth-order valence-electron chi connectivity index (χ4n) is 4.45. The first-order valence-electron chi connectivity index (χ1n) is 11.8. The molecule has 7 nitrogen and oxygen atoms in total. The first-order valence-corrected chi connectivity index (χ1v) is 11.8. The van der Waals surface area contributed by atoms with Gasteiger partial charge in [-0.15, -0.1) is 10.2 Å². The predicted molar refractivity (Wildman–Crippen MR) is 130 cm³/mol. The molecule has 0 atom stereocenters. The van der Waals surface area contributed by atoms with Crippen molar-refractivity contribution in [3.8, 4) is 34.1 Å². The maximum Gasteiger partial charge on any atom is 0.246 e. The molecule has 6 rings (SSSR count). The Labute approximate surface area is 209 Å². The minimum absolute atomic E-state index is 0.00673. The standard InChI is InChI=1S/C27H22F3N5O2/c1-27(2,36)18-11-20-24(23(30)22(18)29)37-26(33-20)21-9-14(8-19(32-21)13-4-5-13)16-7-6-15(28)10-17(16)25-34-31-12-35(25)3/h6-13,36H,4-5H2,1-3H3. The molecule has 0 unspecified atom stereocenters. The third-order valence-electron chi connectivity index (χ3n) is 6.53. The Bertz CT molecular complexity index is 1680. The van der Waals surface area contributed by atoms with Gasteiger partial charge in [-0.05, 0) is 68.1 Å². The van der Waals surface area contributed by atoms with Crippen LogP contribution in [0.5, 0.6) is 0 Å². The third kappa shape index (κ3) is 4.07. The van der Waals surface area contributed by atoms with Crippen LogP contribution in [0.1, 0.15) is 43.9 Å². The number of hydrogen-bond acceptors (Lipinski definition) is 6. The lowest BCUT2D eigenvalue weighted by atomic mass is 9.97. The first-order chi connectivity index (χ1) is 17.6. The van der Waals surface area contributed by atoms with Crippen LogP contribution in [-0.2, 0) is 12.6 Å². The lowest BCUT2D eigenvalue weighted by Crippen LogP contribution is -2.18. The molecule has 0 aliphatic heterocycles. The number of halogens is 3. The van der Waals surface area contributed by atoms with Gasteiger partial charge in [0.1, 0.15) is 23.4 Å². The topological polar surface area (TPSA) is 89.9 Å². The number of fused-ring (bicyclic) bond motifs is 1. The van der Waals surface area contributed by atoms with E-state index in [2.05, 4.69) is 15.2 Å². The summed E-state index contributed by atoms with van der Waals surface area (Å²) in [6.45, 7) is 2.73. The average Bonchev–Trinajstić information content (AvgIpc) is 3.47. The van der Waals surface area contributed by atoms with Crippen molar-refractivity contribution in [2.24, 2.45) is 7.05 Å². The van der Waals surface area contributed by atoms with Crippen LogP contribution < -0.4 is 0 Å². The van der Waals surface area contributed by atoms with E-state index in [1.54, 1.807) is 23.7 Å². The summed E-state index contributed by atoms with van der Waals surface area (Å²) in [6, 6.07) is 9.34. The van der Waals surface area contributed by atoms with Gasteiger partial charge in [-0.3, -0.25) is 0 Å². The molecule has 5 aromatic rings. The van der Waals surface area contributed by atoms with E-state index in [1.807, 2.05) is 6.07 Å². The highest BCUT2D eigenvalue weighted by Crippen LogP contribution is 2.43. The van der Waals surface area contributed by atoms with Crippen LogP contribution in [0.25, 0.3) is 45.2 Å². The van der Waals surface area contributed by atoms with Gasteiger partial charge in [0.2, 0.25) is 11.7 Å². The van der Waals surface area contributed by atoms with E-state index in [4.69, 9.17) is 9.40 Å². The number of hydrogen-bond donors (Lipinski definition) is 1. The molecule has 0 bridgehead atoms. The zero-order chi connectivity index (χ0) is 26.1. The maximum atomic E-state index is 14.9. The Morgan fingerprint density at radius 1 is 1.00 bits per heavy atom. The van der Waals surface area contributed by atoms with Gasteiger partial charge in [-0.2, -0.15) is 4.39 Å². The SMILES string of the molecule is Cn1cnnc1-c1cc(F)ccc1-c1cc(-c2nc3cc(C(C)(C)O)c(F)c(F)c3o2)nc(C2CC2)c1. The van der Waals surface area contributed by atoms with Gasteiger partial charge < -0.3 is 14.1 Å². The molecule has 3 heterocycles. The Kier molecular flexibility index (Phi) is 5.20. The lowest BCUT2D eigenvalue weighted by Gasteiger charge is -2.18. The zero-order valence-corrected chi connectivity index (χ0v) is 20.3. The van der Waals surface area contributed by atoms with Gasteiger partial charge in [-0.25, -0.2) is 18.7 Å². The van der Waals surface area contributed by atoms with Gasteiger partial charge in [0.15, 0.2) is 17.2 Å². The molecule has 1 N–H and O–H groups in total. The van der Waals surface area contributed by atoms with E-state index in [-0.39, 0.29) is 28.5 Å². The summed E-state index contributed by atoms with van der Waals surface area (Å²) in [4.78, 5) is 9.09. The van der Waals surface area contributed by atoms with Crippen LogP contribution in [0.2, 0.25) is 0 Å². The van der Waals surface area contributed by atoms with Crippen molar-refractivity contribution in [1.82, 2.24) is 24.7 Å². The summed E-state index contributed by atoms with van der Waals surface area (Å²) >= 11 is 0. The Balaban J connectivity index is 1.55. The molecule has 0 spiro atoms. The second-order valence-electron chi connectivity index (χ2n) is 9.87. The molecule has 188 valence electrons. The number of rotatable bonds is 5. The highest BCUT2D eigenvalue weighted by molar-refractivity contribution is 5.83. The van der Waals surface area contributed by atoms with Gasteiger partial charge in [0.05, 0.1) is 5.60 Å². The van der Waals surface area contributed by atoms with Crippen molar-refractivity contribution in [1.29, 1.82) is 0 Å². The number of nitrogens with zero attached hydrogens (tertiary/aromatic N) is 5. The number of aryl methyl sites for hydroxylation is 1. The summed E-state index contributed by atoms with van der Waals surface area (Å²) < 4.78 is 51.2. The van der Waals surface area contributed by atoms with Crippen molar-refractivity contribution in [3.05, 3.63) is 71.4 Å². The van der Waals surface area contributed by atoms with Crippen molar-refractivity contribution < 1.29 is 22.7 Å². The highest BCUT2D eigenvalue weighted by Gasteiger charge is 2.30. The van der Waals surface area contributed by atoms with Crippen molar-refractivity contribution in [3.63, 3.8) is 0 Å². The molecule has 37 heavy (non-hydrogen) atoms. The van der Waals surface area contributed by atoms with Crippen LogP contribution in [0, 0.1) is 17.5 Å². The van der Waals surface area contributed by atoms with Gasteiger partial charge in [0.25, 0.3) is 0 Å². The number of aromatic nitrogens is 5. The minimum Gasteiger partial charge on any atom is -0.431 e. The molecule has 0 amide bonds. The monoisotopic (exact) mass is 505 g/mol. The van der Waals surface area contributed by atoms with Crippen molar-refractivity contribution in [2.45, 2.75) is 38.2 Å². The van der Waals surface area contributed by atoms with Crippen molar-refractivity contribution in [2.75, 3.05) is 0 Å². The van der Waals surface area contributed by atoms with E-state index in [0.717, 1.165) is 24.1 Å². The van der Waals surface area contributed by atoms with Gasteiger partial charge >= 0.3 is 0 Å².